The number of aromatic nitrogens is 2. The molecule has 1 saturated heterocycles. The standard InChI is InChI=1S/C23H24N4O3/c1-3-30-23(29)18-13-25-19-8-7-15(2)12-17(19)21(18)26-16-9-11-27(14-16)22(28)20-6-4-5-10-24-20/h4-8,10,12-13,16H,3,9,11,14H2,1-2H3,(H,25,26). The van der Waals surface area contributed by atoms with Crippen LogP contribution in [0, 0.1) is 6.92 Å². The summed E-state index contributed by atoms with van der Waals surface area (Å²) in [6, 6.07) is 11.3. The van der Waals surface area contributed by atoms with E-state index in [1.54, 1.807) is 36.4 Å². The third kappa shape index (κ3) is 3.96. The van der Waals surface area contributed by atoms with E-state index in [9.17, 15) is 9.59 Å². The van der Waals surface area contributed by atoms with E-state index in [1.807, 2.05) is 31.2 Å². The number of aryl methyl sites for hydroxylation is 1. The van der Waals surface area contributed by atoms with Gasteiger partial charge in [-0.05, 0) is 44.5 Å². The minimum absolute atomic E-state index is 0.0111. The number of hydrogen-bond acceptors (Lipinski definition) is 6. The molecule has 7 heteroatoms. The molecule has 4 rings (SSSR count). The average Bonchev–Trinajstić information content (AvgIpc) is 3.23. The zero-order valence-electron chi connectivity index (χ0n) is 17.1. The molecule has 7 nitrogen and oxygen atoms in total. The molecule has 154 valence electrons. The molecular weight excluding hydrogens is 380 g/mol. The molecule has 2 aromatic heterocycles. The van der Waals surface area contributed by atoms with Crippen molar-refractivity contribution in [3.63, 3.8) is 0 Å². The van der Waals surface area contributed by atoms with Crippen LogP contribution in [0.1, 0.15) is 39.8 Å². The van der Waals surface area contributed by atoms with Gasteiger partial charge in [0.25, 0.3) is 5.91 Å². The highest BCUT2D eigenvalue weighted by atomic mass is 16.5. The number of anilines is 1. The molecule has 1 fully saturated rings. The summed E-state index contributed by atoms with van der Waals surface area (Å²) in [6.45, 7) is 5.24. The summed E-state index contributed by atoms with van der Waals surface area (Å²) < 4.78 is 5.24. The van der Waals surface area contributed by atoms with Crippen LogP contribution < -0.4 is 5.32 Å². The average molecular weight is 404 g/mol. The van der Waals surface area contributed by atoms with Gasteiger partial charge in [0.1, 0.15) is 11.3 Å². The van der Waals surface area contributed by atoms with Gasteiger partial charge in [-0.15, -0.1) is 0 Å². The van der Waals surface area contributed by atoms with Crippen molar-refractivity contribution in [1.82, 2.24) is 14.9 Å². The molecule has 1 N–H and O–H groups in total. The minimum Gasteiger partial charge on any atom is -0.462 e. The topological polar surface area (TPSA) is 84.4 Å². The van der Waals surface area contributed by atoms with E-state index in [1.165, 1.54) is 0 Å². The lowest BCUT2D eigenvalue weighted by Gasteiger charge is -2.20. The molecule has 1 aliphatic rings. The Bertz CT molecular complexity index is 1080. The molecule has 1 aromatic carbocycles. The van der Waals surface area contributed by atoms with Crippen molar-refractivity contribution in [2.45, 2.75) is 26.3 Å². The SMILES string of the molecule is CCOC(=O)c1cnc2ccc(C)cc2c1NC1CCN(C(=O)c2ccccn2)C1. The van der Waals surface area contributed by atoms with E-state index in [2.05, 4.69) is 15.3 Å². The maximum atomic E-state index is 12.7. The van der Waals surface area contributed by atoms with Crippen LogP contribution in [0.3, 0.4) is 0 Å². The van der Waals surface area contributed by atoms with Gasteiger partial charge >= 0.3 is 5.97 Å². The zero-order valence-corrected chi connectivity index (χ0v) is 17.1. The number of nitrogens with one attached hydrogen (secondary N) is 1. The molecule has 1 amide bonds. The van der Waals surface area contributed by atoms with Crippen LogP contribution in [-0.2, 0) is 4.74 Å². The number of fused-ring (bicyclic) bond motifs is 1. The molecule has 1 aliphatic heterocycles. The molecule has 0 spiro atoms. The van der Waals surface area contributed by atoms with Gasteiger partial charge in [-0.2, -0.15) is 0 Å². The number of pyridine rings is 2. The normalized spacial score (nSPS) is 15.9. The van der Waals surface area contributed by atoms with E-state index in [0.29, 0.717) is 36.6 Å². The Morgan fingerprint density at radius 3 is 2.87 bits per heavy atom. The molecule has 0 saturated carbocycles. The Morgan fingerprint density at radius 1 is 1.23 bits per heavy atom. The molecule has 30 heavy (non-hydrogen) atoms. The van der Waals surface area contributed by atoms with Crippen LogP contribution in [-0.4, -0.2) is 52.5 Å². The van der Waals surface area contributed by atoms with Crippen LogP contribution in [0.15, 0.2) is 48.8 Å². The van der Waals surface area contributed by atoms with Gasteiger partial charge < -0.3 is 15.0 Å². The predicted octanol–water partition coefficient (Wildman–Crippen LogP) is 3.44. The van der Waals surface area contributed by atoms with Crippen molar-refractivity contribution < 1.29 is 14.3 Å². The highest BCUT2D eigenvalue weighted by Crippen LogP contribution is 2.30. The molecule has 0 bridgehead atoms. The highest BCUT2D eigenvalue weighted by Gasteiger charge is 2.29. The number of rotatable bonds is 5. The maximum absolute atomic E-state index is 12.7. The number of hydrogen-bond donors (Lipinski definition) is 1. The van der Waals surface area contributed by atoms with Crippen LogP contribution in [0.2, 0.25) is 0 Å². The van der Waals surface area contributed by atoms with Crippen molar-refractivity contribution >= 4 is 28.5 Å². The van der Waals surface area contributed by atoms with Gasteiger partial charge in [0.2, 0.25) is 0 Å². The summed E-state index contributed by atoms with van der Waals surface area (Å²) in [4.78, 5) is 35.6. The van der Waals surface area contributed by atoms with Crippen molar-refractivity contribution in [3.05, 3.63) is 65.6 Å². The lowest BCUT2D eigenvalue weighted by Crippen LogP contribution is -2.32. The Kier molecular flexibility index (Phi) is 5.61. The predicted molar refractivity (Wildman–Crippen MR) is 115 cm³/mol. The van der Waals surface area contributed by atoms with Crippen molar-refractivity contribution in [2.24, 2.45) is 0 Å². The summed E-state index contributed by atoms with van der Waals surface area (Å²) in [6.07, 6.45) is 3.95. The monoisotopic (exact) mass is 404 g/mol. The zero-order chi connectivity index (χ0) is 21.1. The molecule has 1 unspecified atom stereocenters. The molecule has 0 radical (unpaired) electrons. The van der Waals surface area contributed by atoms with Gasteiger partial charge in [0.05, 0.1) is 17.8 Å². The smallest absolute Gasteiger partial charge is 0.341 e. The second-order valence-electron chi connectivity index (χ2n) is 7.38. The molecule has 1 atom stereocenters. The lowest BCUT2D eigenvalue weighted by molar-refractivity contribution is 0.0527. The summed E-state index contributed by atoms with van der Waals surface area (Å²) >= 11 is 0. The highest BCUT2D eigenvalue weighted by molar-refractivity contribution is 6.05. The summed E-state index contributed by atoms with van der Waals surface area (Å²) in [5.74, 6) is -0.490. The van der Waals surface area contributed by atoms with Gasteiger partial charge in [-0.25, -0.2) is 4.79 Å². The number of ether oxygens (including phenoxy) is 1. The summed E-state index contributed by atoms with van der Waals surface area (Å²) in [5.41, 5.74) is 3.43. The van der Waals surface area contributed by atoms with Gasteiger partial charge in [0.15, 0.2) is 0 Å². The van der Waals surface area contributed by atoms with E-state index < -0.39 is 5.97 Å². The molecule has 3 aromatic rings. The Balaban J connectivity index is 1.61. The second-order valence-corrected chi connectivity index (χ2v) is 7.38. The first-order valence-electron chi connectivity index (χ1n) is 10.1. The van der Waals surface area contributed by atoms with Crippen LogP contribution in [0.25, 0.3) is 10.9 Å². The number of amides is 1. The fourth-order valence-corrected chi connectivity index (χ4v) is 3.74. The van der Waals surface area contributed by atoms with E-state index in [-0.39, 0.29) is 11.9 Å². The number of likely N-dealkylation sites (tertiary alicyclic amines) is 1. The van der Waals surface area contributed by atoms with E-state index in [0.717, 1.165) is 22.9 Å². The minimum atomic E-state index is -0.407. The summed E-state index contributed by atoms with van der Waals surface area (Å²) in [5, 5.41) is 4.37. The van der Waals surface area contributed by atoms with Gasteiger partial charge in [-0.3, -0.25) is 14.8 Å². The van der Waals surface area contributed by atoms with Crippen molar-refractivity contribution in [2.75, 3.05) is 25.0 Å². The van der Waals surface area contributed by atoms with Crippen LogP contribution in [0.5, 0.6) is 0 Å². The maximum Gasteiger partial charge on any atom is 0.341 e. The third-order valence-corrected chi connectivity index (χ3v) is 5.23. The fraction of sp³-hybridized carbons (Fsp3) is 0.304. The number of carbonyl (C=O) groups is 2. The van der Waals surface area contributed by atoms with Crippen LogP contribution >= 0.6 is 0 Å². The van der Waals surface area contributed by atoms with Gasteiger partial charge in [0, 0.05) is 36.9 Å². The molecular formula is C23H24N4O3. The molecule has 3 heterocycles. The number of benzene rings is 1. The third-order valence-electron chi connectivity index (χ3n) is 5.23. The number of nitrogens with zero attached hydrogens (tertiary/aromatic N) is 3. The first-order chi connectivity index (χ1) is 14.6. The first-order valence-corrected chi connectivity index (χ1v) is 10.1. The van der Waals surface area contributed by atoms with Gasteiger partial charge in [-0.1, -0.05) is 17.7 Å². The van der Waals surface area contributed by atoms with E-state index >= 15 is 0 Å². The Hall–Kier alpha value is -3.48. The van der Waals surface area contributed by atoms with Crippen molar-refractivity contribution in [3.8, 4) is 0 Å². The van der Waals surface area contributed by atoms with Crippen molar-refractivity contribution in [1.29, 1.82) is 0 Å². The largest absolute Gasteiger partial charge is 0.462 e. The lowest BCUT2D eigenvalue weighted by atomic mass is 10.1. The number of esters is 1. The molecule has 0 aliphatic carbocycles. The number of carbonyl (C=O) groups excluding carboxylic acids is 2. The second kappa shape index (κ2) is 8.49. The summed E-state index contributed by atoms with van der Waals surface area (Å²) in [7, 11) is 0. The fourth-order valence-electron chi connectivity index (χ4n) is 3.74. The Morgan fingerprint density at radius 2 is 2.10 bits per heavy atom. The first kappa shape index (κ1) is 19.8. The van der Waals surface area contributed by atoms with E-state index in [4.69, 9.17) is 4.74 Å². The van der Waals surface area contributed by atoms with Crippen LogP contribution in [0.4, 0.5) is 5.69 Å². The Labute approximate surface area is 175 Å². The quantitative estimate of drug-likeness (QED) is 0.656.